The molecule has 1 unspecified atom stereocenters. The van der Waals surface area contributed by atoms with E-state index in [1.807, 2.05) is 41.4 Å². The van der Waals surface area contributed by atoms with Gasteiger partial charge in [-0.05, 0) is 99.2 Å². The summed E-state index contributed by atoms with van der Waals surface area (Å²) in [6.45, 7) is 6.76. The number of H-pyrrole nitrogens is 2. The molecule has 0 bridgehead atoms. The van der Waals surface area contributed by atoms with E-state index in [0.29, 0.717) is 71.4 Å². The van der Waals surface area contributed by atoms with Crippen LogP contribution in [0.1, 0.15) is 61.1 Å². The van der Waals surface area contributed by atoms with E-state index in [1.165, 1.54) is 36.1 Å². The topological polar surface area (TPSA) is 190 Å². The van der Waals surface area contributed by atoms with Crippen LogP contribution >= 0.6 is 0 Å². The van der Waals surface area contributed by atoms with Crippen LogP contribution in [-0.4, -0.2) is 109 Å². The van der Waals surface area contributed by atoms with Gasteiger partial charge in [-0.25, -0.2) is 19.2 Å². The number of methoxy groups -OCH3 is 1. The van der Waals surface area contributed by atoms with Crippen molar-refractivity contribution in [3.05, 3.63) is 145 Å². The number of aromatic nitrogens is 6. The summed E-state index contributed by atoms with van der Waals surface area (Å²) in [5.41, 5.74) is 9.01. The zero-order valence-electron chi connectivity index (χ0n) is 37.9. The predicted octanol–water partition coefficient (Wildman–Crippen LogP) is 5.05. The minimum Gasteiger partial charge on any atom is -0.495 e. The molecule has 0 radical (unpaired) electrons. The lowest BCUT2D eigenvalue weighted by Crippen LogP contribution is -2.61. The fourth-order valence-corrected chi connectivity index (χ4v) is 10.1. The van der Waals surface area contributed by atoms with Crippen molar-refractivity contribution < 1.29 is 18.7 Å². The molecule has 16 nitrogen and oxygen atoms in total. The van der Waals surface area contributed by atoms with E-state index in [2.05, 4.69) is 33.6 Å². The molecule has 2 saturated heterocycles. The van der Waals surface area contributed by atoms with Crippen LogP contribution in [-0.2, 0) is 17.4 Å². The Bertz CT molecular complexity index is 3220. The number of ether oxygens (including phenoxy) is 2. The van der Waals surface area contributed by atoms with Gasteiger partial charge in [-0.15, -0.1) is 0 Å². The highest BCUT2D eigenvalue weighted by Gasteiger charge is 2.44. The zero-order valence-corrected chi connectivity index (χ0v) is 37.9. The second-order valence-electron chi connectivity index (χ2n) is 18.1. The normalized spacial score (nSPS) is 19.3. The largest absolute Gasteiger partial charge is 0.495 e. The zero-order chi connectivity index (χ0) is 46.7. The van der Waals surface area contributed by atoms with Crippen LogP contribution in [0.25, 0.3) is 38.6 Å². The Hall–Kier alpha value is -6.95. The minimum atomic E-state index is -1.29. The molecule has 1 saturated carbocycles. The van der Waals surface area contributed by atoms with Gasteiger partial charge in [-0.1, -0.05) is 18.2 Å². The van der Waals surface area contributed by atoms with E-state index < -0.39 is 22.7 Å². The van der Waals surface area contributed by atoms with Crippen LogP contribution in [0.15, 0.2) is 106 Å². The van der Waals surface area contributed by atoms with Crippen LogP contribution in [0.4, 0.5) is 10.3 Å². The summed E-state index contributed by atoms with van der Waals surface area (Å²) in [5, 5.41) is 1.51. The van der Waals surface area contributed by atoms with E-state index in [-0.39, 0.29) is 42.2 Å². The highest BCUT2D eigenvalue weighted by Crippen LogP contribution is 2.43. The number of piperidine rings is 1. The lowest BCUT2D eigenvalue weighted by molar-refractivity contribution is -0.0260. The first-order chi connectivity index (χ1) is 32.3. The molecule has 4 N–H and O–H groups in total. The molecular weight excluding hydrogens is 856 g/mol. The quantitative estimate of drug-likeness (QED) is 0.158. The molecular formula is C50H53FN10O6. The average Bonchev–Trinajstić information content (AvgIpc) is 4.02. The van der Waals surface area contributed by atoms with Gasteiger partial charge in [-0.2, -0.15) is 0 Å². The number of aryl methyl sites for hydroxylation is 1. The predicted molar refractivity (Wildman–Crippen MR) is 254 cm³/mol. The summed E-state index contributed by atoms with van der Waals surface area (Å²) in [6.07, 6.45) is 8.28. The van der Waals surface area contributed by atoms with Crippen LogP contribution < -0.4 is 32.2 Å². The molecule has 1 amide bonds. The molecule has 3 aromatic carbocycles. The molecule has 10 rings (SSSR count). The fraction of sp³-hybridized carbons (Fsp3) is 0.360. The van der Waals surface area contributed by atoms with E-state index >= 15 is 4.39 Å². The summed E-state index contributed by atoms with van der Waals surface area (Å²) in [5.74, 6) is 0.366. The number of piperazine rings is 1. The van der Waals surface area contributed by atoms with Crippen molar-refractivity contribution in [3.63, 3.8) is 0 Å². The Labute approximate surface area is 384 Å². The highest BCUT2D eigenvalue weighted by molar-refractivity contribution is 5.98. The molecule has 346 valence electrons. The van der Waals surface area contributed by atoms with Gasteiger partial charge in [0.05, 0.1) is 30.1 Å². The van der Waals surface area contributed by atoms with E-state index in [0.717, 1.165) is 47.6 Å². The number of halogens is 1. The number of pyridine rings is 1. The third-order valence-electron chi connectivity index (χ3n) is 13.8. The number of nitrogens with zero attached hydrogens (tertiary/aromatic N) is 7. The van der Waals surface area contributed by atoms with Crippen molar-refractivity contribution in [3.8, 4) is 22.6 Å². The monoisotopic (exact) mass is 908 g/mol. The molecule has 67 heavy (non-hydrogen) atoms. The Morgan fingerprint density at radius 2 is 1.73 bits per heavy atom. The molecule has 3 atom stereocenters. The summed E-state index contributed by atoms with van der Waals surface area (Å²) in [7, 11) is 3.22. The number of rotatable bonds is 11. The van der Waals surface area contributed by atoms with Gasteiger partial charge in [0.2, 0.25) is 5.95 Å². The SMILES string of the molecule is COc1ccc(C(=O)N2C[C@H](C)N(C3CCN(c4nc(C(CN)(OC5CC5)c5cccc(F)c5)c5cc(-c6cn(C)c(=O)c7[nH]ccc67)ccc5n4)CC3)C[C@H]2C)cc1-n1ccc(=O)[nH]c1=O. The third kappa shape index (κ3) is 7.99. The van der Waals surface area contributed by atoms with E-state index in [9.17, 15) is 19.2 Å². The van der Waals surface area contributed by atoms with Crippen molar-refractivity contribution in [2.24, 2.45) is 12.8 Å². The van der Waals surface area contributed by atoms with Crippen LogP contribution in [0.3, 0.4) is 0 Å². The van der Waals surface area contributed by atoms with Crippen molar-refractivity contribution in [1.29, 1.82) is 0 Å². The number of hydrogen-bond acceptors (Lipinski definition) is 11. The maximum Gasteiger partial charge on any atom is 0.333 e. The van der Waals surface area contributed by atoms with Crippen molar-refractivity contribution in [1.82, 2.24) is 38.9 Å². The average molecular weight is 909 g/mol. The number of nitrogens with one attached hydrogen (secondary N) is 2. The molecule has 1 aliphatic carbocycles. The Kier molecular flexibility index (Phi) is 11.4. The van der Waals surface area contributed by atoms with Gasteiger partial charge in [-0.3, -0.25) is 28.8 Å². The van der Waals surface area contributed by atoms with Crippen LogP contribution in [0, 0.1) is 5.82 Å². The third-order valence-corrected chi connectivity index (χ3v) is 13.8. The lowest BCUT2D eigenvalue weighted by Gasteiger charge is -2.49. The first-order valence-corrected chi connectivity index (χ1v) is 22.8. The summed E-state index contributed by atoms with van der Waals surface area (Å²) in [6, 6.07) is 20.7. The number of benzene rings is 3. The van der Waals surface area contributed by atoms with Gasteiger partial charge in [0.25, 0.3) is 17.0 Å². The number of aromatic amines is 2. The number of fused-ring (bicyclic) bond motifs is 2. The number of carbonyl (C=O) groups is 1. The van der Waals surface area contributed by atoms with E-state index in [4.69, 9.17) is 25.2 Å². The summed E-state index contributed by atoms with van der Waals surface area (Å²) in [4.78, 5) is 74.1. The second-order valence-corrected chi connectivity index (χ2v) is 18.1. The summed E-state index contributed by atoms with van der Waals surface area (Å²) >= 11 is 0. The van der Waals surface area contributed by atoms with Crippen molar-refractivity contribution in [2.45, 2.75) is 69.4 Å². The molecule has 3 fully saturated rings. The van der Waals surface area contributed by atoms with E-state index in [1.54, 1.807) is 42.1 Å². The second kappa shape index (κ2) is 17.4. The Balaban J connectivity index is 0.934. The number of nitrogens with two attached hydrogens (primary N) is 1. The standard InChI is InChI=1S/C50H53FN10O6/c1-29-26-61(46(63)32-9-13-42(66-4)41(23-32)59-21-17-43(62)55-49(59)65)30(2)25-60(29)35-15-19-58(20-16-35)48-54-40-12-8-31(39-27-57(3)47(64)44-37(39)14-18-53-44)22-38(40)45(56-48)50(28-52,67-36-10-11-36)33-6-5-7-34(51)24-33/h5-9,12-14,17-18,21-24,27,29-30,35-36,53H,10-11,15-16,19-20,25-26,28,52H2,1-4H3,(H,55,62,65)/t29-,30+,50?/m0/s1. The summed E-state index contributed by atoms with van der Waals surface area (Å²) < 4.78 is 30.4. The Morgan fingerprint density at radius 1 is 0.925 bits per heavy atom. The molecule has 7 aromatic rings. The smallest absolute Gasteiger partial charge is 0.333 e. The molecule has 6 heterocycles. The fourth-order valence-electron chi connectivity index (χ4n) is 10.1. The van der Waals surface area contributed by atoms with Gasteiger partial charge < -0.3 is 34.6 Å². The number of amides is 1. The molecule has 2 aliphatic heterocycles. The molecule has 4 aromatic heterocycles. The van der Waals surface area contributed by atoms with Crippen LogP contribution in [0.2, 0.25) is 0 Å². The highest BCUT2D eigenvalue weighted by atomic mass is 19.1. The van der Waals surface area contributed by atoms with Gasteiger partial charge in [0.15, 0.2) is 0 Å². The maximum atomic E-state index is 15.1. The Morgan fingerprint density at radius 3 is 2.46 bits per heavy atom. The number of anilines is 1. The van der Waals surface area contributed by atoms with Gasteiger partial charge >= 0.3 is 5.69 Å². The van der Waals surface area contributed by atoms with Crippen LogP contribution in [0.5, 0.6) is 5.75 Å². The van der Waals surface area contributed by atoms with Crippen molar-refractivity contribution in [2.75, 3.05) is 44.7 Å². The first kappa shape index (κ1) is 43.9. The molecule has 3 aliphatic rings. The van der Waals surface area contributed by atoms with Gasteiger partial charge in [0.1, 0.15) is 22.7 Å². The van der Waals surface area contributed by atoms with Crippen molar-refractivity contribution >= 4 is 33.7 Å². The number of hydrogen-bond donors (Lipinski definition) is 3. The van der Waals surface area contributed by atoms with Gasteiger partial charge in [0, 0.05) is 104 Å². The minimum absolute atomic E-state index is 0.00594. The molecule has 0 spiro atoms. The lowest BCUT2D eigenvalue weighted by atomic mass is 9.86. The number of carbonyl (C=O) groups excluding carboxylic acids is 1. The first-order valence-electron chi connectivity index (χ1n) is 22.8. The molecule has 17 heteroatoms. The maximum absolute atomic E-state index is 15.1.